The molecule has 0 radical (unpaired) electrons. The van der Waals surface area contributed by atoms with E-state index in [1.54, 1.807) is 18.6 Å². The van der Waals surface area contributed by atoms with Gasteiger partial charge in [0.15, 0.2) is 0 Å². The maximum absolute atomic E-state index is 5.75. The van der Waals surface area contributed by atoms with Crippen LogP contribution >= 0.6 is 11.6 Å². The Morgan fingerprint density at radius 1 is 1.27 bits per heavy atom. The van der Waals surface area contributed by atoms with Crippen LogP contribution in [0, 0.1) is 6.92 Å². The highest BCUT2D eigenvalue weighted by molar-refractivity contribution is 6.28. The molecule has 0 saturated heterocycles. The van der Waals surface area contributed by atoms with Crippen molar-refractivity contribution in [2.45, 2.75) is 13.3 Å². The second-order valence-electron chi connectivity index (χ2n) is 3.30. The van der Waals surface area contributed by atoms with Crippen LogP contribution in [-0.2, 0) is 6.42 Å². The molecule has 4 heteroatoms. The van der Waals surface area contributed by atoms with Crippen LogP contribution < -0.4 is 0 Å². The van der Waals surface area contributed by atoms with E-state index in [1.807, 2.05) is 19.1 Å². The first kappa shape index (κ1) is 10.1. The van der Waals surface area contributed by atoms with Gasteiger partial charge in [-0.2, -0.15) is 0 Å². The lowest BCUT2D eigenvalue weighted by Crippen LogP contribution is -1.98. The fourth-order valence-corrected chi connectivity index (χ4v) is 1.48. The lowest BCUT2D eigenvalue weighted by Gasteiger charge is -2.04. The van der Waals surface area contributed by atoms with Crippen LogP contribution in [0.25, 0.3) is 0 Å². The zero-order valence-electron chi connectivity index (χ0n) is 8.31. The van der Waals surface area contributed by atoms with Crippen LogP contribution in [0.2, 0.25) is 5.28 Å². The molecule has 0 aliphatic rings. The highest BCUT2D eigenvalue weighted by atomic mass is 35.5. The number of pyridine rings is 1. The zero-order chi connectivity index (χ0) is 10.7. The Morgan fingerprint density at radius 2 is 2.00 bits per heavy atom. The third-order valence-electron chi connectivity index (χ3n) is 2.17. The highest BCUT2D eigenvalue weighted by Gasteiger charge is 2.03. The van der Waals surface area contributed by atoms with E-state index in [9.17, 15) is 0 Å². The summed E-state index contributed by atoms with van der Waals surface area (Å²) in [6, 6.07) is 3.94. The molecule has 0 bridgehead atoms. The van der Waals surface area contributed by atoms with E-state index in [1.165, 1.54) is 5.56 Å². The second-order valence-corrected chi connectivity index (χ2v) is 3.64. The average Bonchev–Trinajstić information content (AvgIpc) is 2.25. The fourth-order valence-electron chi connectivity index (χ4n) is 1.33. The molecule has 2 rings (SSSR count). The van der Waals surface area contributed by atoms with Crippen LogP contribution in [0.4, 0.5) is 0 Å². The maximum Gasteiger partial charge on any atom is 0.222 e. The van der Waals surface area contributed by atoms with Crippen LogP contribution in [-0.4, -0.2) is 15.0 Å². The Kier molecular flexibility index (Phi) is 2.92. The summed E-state index contributed by atoms with van der Waals surface area (Å²) in [4.78, 5) is 12.1. The summed E-state index contributed by atoms with van der Waals surface area (Å²) in [5, 5.41) is 0.296. The molecule has 0 N–H and O–H groups in total. The predicted octanol–water partition coefficient (Wildman–Crippen LogP) is 2.42. The Morgan fingerprint density at radius 3 is 2.73 bits per heavy atom. The molecule has 0 unspecified atom stereocenters. The standard InChI is InChI=1S/C11H10ClN3/c1-8-7-14-11(12)15-10(8)6-9-2-4-13-5-3-9/h2-5,7H,6H2,1H3. The topological polar surface area (TPSA) is 38.7 Å². The summed E-state index contributed by atoms with van der Waals surface area (Å²) in [6.45, 7) is 1.98. The first-order chi connectivity index (χ1) is 7.25. The summed E-state index contributed by atoms with van der Waals surface area (Å²) in [7, 11) is 0. The van der Waals surface area contributed by atoms with Gasteiger partial charge in [-0.3, -0.25) is 4.98 Å². The number of halogens is 1. The quantitative estimate of drug-likeness (QED) is 0.729. The number of aromatic nitrogens is 3. The van der Waals surface area contributed by atoms with Crippen LogP contribution in [0.5, 0.6) is 0 Å². The normalized spacial score (nSPS) is 10.3. The van der Waals surface area contributed by atoms with Gasteiger partial charge in [0.2, 0.25) is 5.28 Å². The van der Waals surface area contributed by atoms with Gasteiger partial charge < -0.3 is 0 Å². The van der Waals surface area contributed by atoms with Crippen molar-refractivity contribution in [1.82, 2.24) is 15.0 Å². The summed E-state index contributed by atoms with van der Waals surface area (Å²) >= 11 is 5.75. The molecule has 0 aliphatic carbocycles. The number of hydrogen-bond donors (Lipinski definition) is 0. The fraction of sp³-hybridized carbons (Fsp3) is 0.182. The number of rotatable bonds is 2. The van der Waals surface area contributed by atoms with E-state index in [0.717, 1.165) is 17.7 Å². The zero-order valence-corrected chi connectivity index (χ0v) is 9.07. The smallest absolute Gasteiger partial charge is 0.222 e. The predicted molar refractivity (Wildman–Crippen MR) is 58.8 cm³/mol. The molecular weight excluding hydrogens is 210 g/mol. The Balaban J connectivity index is 2.28. The molecule has 76 valence electrons. The van der Waals surface area contributed by atoms with Gasteiger partial charge in [-0.15, -0.1) is 0 Å². The Bertz CT molecular complexity index is 457. The molecule has 2 aromatic heterocycles. The van der Waals surface area contributed by atoms with E-state index in [-0.39, 0.29) is 0 Å². The molecule has 0 amide bonds. The van der Waals surface area contributed by atoms with Crippen molar-refractivity contribution < 1.29 is 0 Å². The third-order valence-corrected chi connectivity index (χ3v) is 2.35. The first-order valence-electron chi connectivity index (χ1n) is 4.62. The molecule has 2 heterocycles. The molecule has 0 atom stereocenters. The summed E-state index contributed by atoms with van der Waals surface area (Å²) in [6.07, 6.45) is 6.05. The monoisotopic (exact) mass is 219 g/mol. The van der Waals surface area contributed by atoms with Crippen molar-refractivity contribution in [1.29, 1.82) is 0 Å². The second kappa shape index (κ2) is 4.36. The molecule has 0 aromatic carbocycles. The van der Waals surface area contributed by atoms with Crippen LogP contribution in [0.3, 0.4) is 0 Å². The minimum atomic E-state index is 0.296. The summed E-state index contributed by atoms with van der Waals surface area (Å²) in [5.74, 6) is 0. The van der Waals surface area contributed by atoms with Gasteiger partial charge in [0.05, 0.1) is 5.69 Å². The van der Waals surface area contributed by atoms with Crippen LogP contribution in [0.1, 0.15) is 16.8 Å². The average molecular weight is 220 g/mol. The molecule has 15 heavy (non-hydrogen) atoms. The van der Waals surface area contributed by atoms with Crippen molar-refractivity contribution in [2.75, 3.05) is 0 Å². The number of aryl methyl sites for hydroxylation is 1. The summed E-state index contributed by atoms with van der Waals surface area (Å²) in [5.41, 5.74) is 3.18. The van der Waals surface area contributed by atoms with Gasteiger partial charge in [-0.25, -0.2) is 9.97 Å². The van der Waals surface area contributed by atoms with Gasteiger partial charge >= 0.3 is 0 Å². The van der Waals surface area contributed by atoms with Gasteiger partial charge in [0, 0.05) is 25.0 Å². The van der Waals surface area contributed by atoms with Crippen molar-refractivity contribution in [2.24, 2.45) is 0 Å². The van der Waals surface area contributed by atoms with Crippen molar-refractivity contribution in [3.63, 3.8) is 0 Å². The largest absolute Gasteiger partial charge is 0.265 e. The van der Waals surface area contributed by atoms with Gasteiger partial charge in [0.1, 0.15) is 0 Å². The molecular formula is C11H10ClN3. The van der Waals surface area contributed by atoms with Crippen LogP contribution in [0.15, 0.2) is 30.7 Å². The minimum Gasteiger partial charge on any atom is -0.265 e. The van der Waals surface area contributed by atoms with Gasteiger partial charge in [-0.1, -0.05) is 0 Å². The summed E-state index contributed by atoms with van der Waals surface area (Å²) < 4.78 is 0. The molecule has 0 saturated carbocycles. The minimum absolute atomic E-state index is 0.296. The van der Waals surface area contributed by atoms with Crippen molar-refractivity contribution in [3.05, 3.63) is 52.8 Å². The lowest BCUT2D eigenvalue weighted by molar-refractivity contribution is 0.992. The molecule has 3 nitrogen and oxygen atoms in total. The van der Waals surface area contributed by atoms with Crippen molar-refractivity contribution >= 4 is 11.6 Å². The van der Waals surface area contributed by atoms with Gasteiger partial charge in [0.25, 0.3) is 0 Å². The SMILES string of the molecule is Cc1cnc(Cl)nc1Cc1ccncc1. The van der Waals surface area contributed by atoms with Crippen molar-refractivity contribution in [3.8, 4) is 0 Å². The Hall–Kier alpha value is -1.48. The van der Waals surface area contributed by atoms with E-state index in [0.29, 0.717) is 5.28 Å². The molecule has 0 fully saturated rings. The first-order valence-corrected chi connectivity index (χ1v) is 5.00. The molecule has 2 aromatic rings. The lowest BCUT2D eigenvalue weighted by atomic mass is 10.1. The van der Waals surface area contributed by atoms with E-state index in [2.05, 4.69) is 15.0 Å². The highest BCUT2D eigenvalue weighted by Crippen LogP contribution is 2.12. The number of nitrogens with zero attached hydrogens (tertiary/aromatic N) is 3. The Labute approximate surface area is 93.2 Å². The van der Waals surface area contributed by atoms with Gasteiger partial charge in [-0.05, 0) is 41.8 Å². The van der Waals surface area contributed by atoms with E-state index in [4.69, 9.17) is 11.6 Å². The number of hydrogen-bond acceptors (Lipinski definition) is 3. The van der Waals surface area contributed by atoms with E-state index >= 15 is 0 Å². The third kappa shape index (κ3) is 2.50. The molecule has 0 spiro atoms. The molecule has 0 aliphatic heterocycles. The maximum atomic E-state index is 5.75. The van der Waals surface area contributed by atoms with E-state index < -0.39 is 0 Å².